The van der Waals surface area contributed by atoms with Crippen molar-refractivity contribution in [3.8, 4) is 0 Å². The molecule has 4 aromatic rings. The summed E-state index contributed by atoms with van der Waals surface area (Å²) < 4.78 is 0. The largest absolute Gasteiger partial charge is 0.0616 e. The van der Waals surface area contributed by atoms with Crippen LogP contribution in [0.25, 0.3) is 21.5 Å². The van der Waals surface area contributed by atoms with E-state index in [0.29, 0.717) is 0 Å². The van der Waals surface area contributed by atoms with Crippen molar-refractivity contribution in [2.45, 2.75) is 50.4 Å². The van der Waals surface area contributed by atoms with Gasteiger partial charge in [0.25, 0.3) is 0 Å². The lowest BCUT2D eigenvalue weighted by Gasteiger charge is -2.48. The number of hydrogen-bond donors (Lipinski definition) is 0. The van der Waals surface area contributed by atoms with E-state index in [1.165, 1.54) is 60.1 Å². The topological polar surface area (TPSA) is 0 Å². The molecule has 30 heavy (non-hydrogen) atoms. The first-order valence-electron chi connectivity index (χ1n) is 11.9. The normalized spacial score (nSPS) is 27.2. The molecule has 0 spiro atoms. The molecule has 148 valence electrons. The molecule has 4 atom stereocenters. The number of hydrogen-bond acceptors (Lipinski definition) is 0. The zero-order valence-electron chi connectivity index (χ0n) is 17.5. The molecular formula is C30H28. The van der Waals surface area contributed by atoms with E-state index in [0.717, 1.165) is 23.7 Å². The third-order valence-corrected chi connectivity index (χ3v) is 8.68. The van der Waals surface area contributed by atoms with E-state index in [1.807, 2.05) is 0 Å². The molecule has 0 heterocycles. The SMILES string of the molecule is c1ccc2c3c(ccc2c1)CCC1CC2c4c(ccc5ccccc45)CCC2CC31. The van der Waals surface area contributed by atoms with Crippen LogP contribution in [0, 0.1) is 11.8 Å². The summed E-state index contributed by atoms with van der Waals surface area (Å²) in [5.74, 6) is 3.21. The van der Waals surface area contributed by atoms with Crippen LogP contribution in [-0.2, 0) is 12.8 Å². The minimum absolute atomic E-state index is 0.762. The zero-order chi connectivity index (χ0) is 19.7. The summed E-state index contributed by atoms with van der Waals surface area (Å²) in [5, 5.41) is 5.92. The second-order valence-electron chi connectivity index (χ2n) is 10.0. The Hall–Kier alpha value is -2.60. The Balaban J connectivity index is 1.35. The van der Waals surface area contributed by atoms with Crippen molar-refractivity contribution in [1.82, 2.24) is 0 Å². The molecule has 0 bridgehead atoms. The summed E-state index contributed by atoms with van der Waals surface area (Å²) in [5.41, 5.74) is 6.70. The van der Waals surface area contributed by atoms with Crippen LogP contribution in [0.3, 0.4) is 0 Å². The molecule has 0 amide bonds. The highest BCUT2D eigenvalue weighted by Gasteiger charge is 2.43. The predicted molar refractivity (Wildman–Crippen MR) is 126 cm³/mol. The van der Waals surface area contributed by atoms with Crippen LogP contribution in [0.15, 0.2) is 72.8 Å². The lowest BCUT2D eigenvalue weighted by Crippen LogP contribution is -2.35. The number of aryl methyl sites for hydroxylation is 2. The Bertz CT molecular complexity index is 1180. The van der Waals surface area contributed by atoms with Crippen molar-refractivity contribution in [3.05, 3.63) is 95.1 Å². The summed E-state index contributed by atoms with van der Waals surface area (Å²) in [4.78, 5) is 0. The molecule has 3 aliphatic carbocycles. The van der Waals surface area contributed by atoms with Crippen molar-refractivity contribution in [1.29, 1.82) is 0 Å². The van der Waals surface area contributed by atoms with Gasteiger partial charge in [0.05, 0.1) is 0 Å². The maximum absolute atomic E-state index is 2.43. The van der Waals surface area contributed by atoms with Crippen LogP contribution in [0.1, 0.15) is 59.8 Å². The Morgan fingerprint density at radius 3 is 1.47 bits per heavy atom. The average Bonchev–Trinajstić information content (AvgIpc) is 2.82. The van der Waals surface area contributed by atoms with E-state index < -0.39 is 0 Å². The molecule has 0 heteroatoms. The first-order chi connectivity index (χ1) is 14.9. The highest BCUT2D eigenvalue weighted by molar-refractivity contribution is 5.89. The van der Waals surface area contributed by atoms with Crippen molar-refractivity contribution < 1.29 is 0 Å². The van der Waals surface area contributed by atoms with Crippen molar-refractivity contribution in [2.75, 3.05) is 0 Å². The molecule has 0 aliphatic heterocycles. The Morgan fingerprint density at radius 2 is 0.967 bits per heavy atom. The van der Waals surface area contributed by atoms with E-state index in [2.05, 4.69) is 72.8 Å². The first kappa shape index (κ1) is 17.1. The van der Waals surface area contributed by atoms with Crippen molar-refractivity contribution in [2.24, 2.45) is 11.8 Å². The van der Waals surface area contributed by atoms with E-state index in [9.17, 15) is 0 Å². The van der Waals surface area contributed by atoms with E-state index in [-0.39, 0.29) is 0 Å². The van der Waals surface area contributed by atoms with Crippen LogP contribution in [0.2, 0.25) is 0 Å². The zero-order valence-corrected chi connectivity index (χ0v) is 17.5. The third-order valence-electron chi connectivity index (χ3n) is 8.68. The monoisotopic (exact) mass is 388 g/mol. The third kappa shape index (κ3) is 2.40. The molecule has 0 nitrogen and oxygen atoms in total. The van der Waals surface area contributed by atoms with Crippen LogP contribution < -0.4 is 0 Å². The lowest BCUT2D eigenvalue weighted by atomic mass is 9.57. The minimum atomic E-state index is 0.762. The highest BCUT2D eigenvalue weighted by Crippen LogP contribution is 2.57. The molecule has 1 saturated carbocycles. The molecular weight excluding hydrogens is 360 g/mol. The molecule has 4 aromatic carbocycles. The van der Waals surface area contributed by atoms with Gasteiger partial charge in [0, 0.05) is 0 Å². The van der Waals surface area contributed by atoms with Gasteiger partial charge in [-0.1, -0.05) is 72.8 Å². The summed E-state index contributed by atoms with van der Waals surface area (Å²) in [6, 6.07) is 27.8. The van der Waals surface area contributed by atoms with Gasteiger partial charge in [-0.2, -0.15) is 0 Å². The fourth-order valence-corrected chi connectivity index (χ4v) is 7.39. The van der Waals surface area contributed by atoms with Gasteiger partial charge in [0.2, 0.25) is 0 Å². The van der Waals surface area contributed by atoms with E-state index >= 15 is 0 Å². The molecule has 0 saturated heterocycles. The van der Waals surface area contributed by atoms with Crippen LogP contribution in [0.5, 0.6) is 0 Å². The van der Waals surface area contributed by atoms with Gasteiger partial charge in [0.1, 0.15) is 0 Å². The maximum Gasteiger partial charge on any atom is -0.0122 e. The number of fused-ring (bicyclic) bond motifs is 10. The standard InChI is InChI=1S/C30H28/c1-3-7-25-19(5-1)9-11-21-13-15-23-18-28-24(17-27(23)29(21)25)16-14-22-12-10-20-6-2-4-8-26(20)30(22)28/h1-12,23-24,27-28H,13-18H2. The number of benzene rings is 4. The van der Waals surface area contributed by atoms with Crippen LogP contribution >= 0.6 is 0 Å². The Morgan fingerprint density at radius 1 is 0.500 bits per heavy atom. The highest BCUT2D eigenvalue weighted by atomic mass is 14.5. The Kier molecular flexibility index (Phi) is 3.68. The van der Waals surface area contributed by atoms with Crippen molar-refractivity contribution in [3.63, 3.8) is 0 Å². The summed E-state index contributed by atoms with van der Waals surface area (Å²) in [7, 11) is 0. The average molecular weight is 389 g/mol. The van der Waals surface area contributed by atoms with E-state index in [1.54, 1.807) is 22.3 Å². The van der Waals surface area contributed by atoms with Crippen LogP contribution in [0.4, 0.5) is 0 Å². The van der Waals surface area contributed by atoms with Gasteiger partial charge in [-0.25, -0.2) is 0 Å². The smallest absolute Gasteiger partial charge is 0.0122 e. The summed E-state index contributed by atoms with van der Waals surface area (Å²) >= 11 is 0. The molecule has 0 radical (unpaired) electrons. The first-order valence-corrected chi connectivity index (χ1v) is 11.9. The van der Waals surface area contributed by atoms with Gasteiger partial charge in [-0.3, -0.25) is 0 Å². The van der Waals surface area contributed by atoms with Gasteiger partial charge in [-0.15, -0.1) is 0 Å². The van der Waals surface area contributed by atoms with Gasteiger partial charge < -0.3 is 0 Å². The molecule has 4 unspecified atom stereocenters. The van der Waals surface area contributed by atoms with Gasteiger partial charge >= 0.3 is 0 Å². The minimum Gasteiger partial charge on any atom is -0.0616 e. The molecule has 1 fully saturated rings. The molecule has 0 N–H and O–H groups in total. The maximum atomic E-state index is 2.43. The predicted octanol–water partition coefficient (Wildman–Crippen LogP) is 7.78. The van der Waals surface area contributed by atoms with Gasteiger partial charge in [0.15, 0.2) is 0 Å². The van der Waals surface area contributed by atoms with Crippen LogP contribution in [-0.4, -0.2) is 0 Å². The lowest BCUT2D eigenvalue weighted by molar-refractivity contribution is 0.171. The Labute approximate surface area is 178 Å². The second-order valence-corrected chi connectivity index (χ2v) is 10.0. The fourth-order valence-electron chi connectivity index (χ4n) is 7.39. The molecule has 7 rings (SSSR count). The molecule has 0 aromatic heterocycles. The molecule has 3 aliphatic rings. The quantitative estimate of drug-likeness (QED) is 0.288. The summed E-state index contributed by atoms with van der Waals surface area (Å²) in [6.07, 6.45) is 8.05. The fraction of sp³-hybridized carbons (Fsp3) is 0.333. The second kappa shape index (κ2) is 6.45. The van der Waals surface area contributed by atoms with Gasteiger partial charge in [-0.05, 0) is 106 Å². The summed E-state index contributed by atoms with van der Waals surface area (Å²) in [6.45, 7) is 0. The van der Waals surface area contributed by atoms with E-state index in [4.69, 9.17) is 0 Å². The number of rotatable bonds is 0. The van der Waals surface area contributed by atoms with Crippen molar-refractivity contribution >= 4 is 21.5 Å².